The lowest BCUT2D eigenvalue weighted by atomic mass is 10.3. The summed E-state index contributed by atoms with van der Waals surface area (Å²) in [6, 6.07) is 10.3. The van der Waals surface area contributed by atoms with Crippen LogP contribution in [-0.2, 0) is 0 Å². The van der Waals surface area contributed by atoms with Gasteiger partial charge in [-0.15, -0.1) is 0 Å². The molecule has 0 fully saturated rings. The molecule has 2 aromatic heterocycles. The molecule has 17 heavy (non-hydrogen) atoms. The molecule has 0 atom stereocenters. The summed E-state index contributed by atoms with van der Waals surface area (Å²) in [6.07, 6.45) is 0. The van der Waals surface area contributed by atoms with E-state index in [9.17, 15) is 4.79 Å². The highest BCUT2D eigenvalue weighted by Gasteiger charge is 2.08. The van der Waals surface area contributed by atoms with Crippen molar-refractivity contribution in [2.24, 2.45) is 0 Å². The fraction of sp³-hybridized carbons (Fsp3) is 0.0833. The van der Waals surface area contributed by atoms with Crippen LogP contribution < -0.4 is 11.1 Å². The number of pyridine rings is 2. The van der Waals surface area contributed by atoms with Crippen molar-refractivity contribution in [3.8, 4) is 0 Å². The predicted molar refractivity (Wildman–Crippen MR) is 65.6 cm³/mol. The van der Waals surface area contributed by atoms with Crippen LogP contribution in [0.4, 0.5) is 11.6 Å². The van der Waals surface area contributed by atoms with Crippen molar-refractivity contribution in [2.75, 3.05) is 11.1 Å². The first-order chi connectivity index (χ1) is 8.15. The summed E-state index contributed by atoms with van der Waals surface area (Å²) in [4.78, 5) is 19.9. The standard InChI is InChI=1S/C12H12N4O/c1-8-4-2-7-11(14-8)16-12(17)9-5-3-6-10(13)15-9/h2-7H,1H3,(H2,13,15)(H,14,16,17). The second kappa shape index (κ2) is 4.61. The molecule has 0 radical (unpaired) electrons. The second-order valence-electron chi connectivity index (χ2n) is 3.57. The normalized spacial score (nSPS) is 9.94. The number of hydrogen-bond donors (Lipinski definition) is 2. The van der Waals surface area contributed by atoms with Crippen LogP contribution >= 0.6 is 0 Å². The maximum Gasteiger partial charge on any atom is 0.275 e. The minimum atomic E-state index is -0.324. The zero-order chi connectivity index (χ0) is 12.3. The second-order valence-corrected chi connectivity index (χ2v) is 3.57. The largest absolute Gasteiger partial charge is 0.384 e. The van der Waals surface area contributed by atoms with Crippen molar-refractivity contribution < 1.29 is 4.79 Å². The fourth-order valence-electron chi connectivity index (χ4n) is 1.37. The van der Waals surface area contributed by atoms with Gasteiger partial charge in [-0.05, 0) is 31.2 Å². The zero-order valence-electron chi connectivity index (χ0n) is 9.34. The van der Waals surface area contributed by atoms with Crippen molar-refractivity contribution in [3.05, 3.63) is 47.8 Å². The molecule has 0 aliphatic heterocycles. The molecule has 1 amide bonds. The van der Waals surface area contributed by atoms with Crippen molar-refractivity contribution in [1.29, 1.82) is 0 Å². The Morgan fingerprint density at radius 1 is 1.18 bits per heavy atom. The lowest BCUT2D eigenvalue weighted by molar-refractivity contribution is 0.102. The number of carbonyl (C=O) groups is 1. The highest BCUT2D eigenvalue weighted by atomic mass is 16.1. The van der Waals surface area contributed by atoms with Gasteiger partial charge in [-0.1, -0.05) is 12.1 Å². The molecule has 0 aromatic carbocycles. The number of aryl methyl sites for hydroxylation is 1. The van der Waals surface area contributed by atoms with Gasteiger partial charge in [0, 0.05) is 5.69 Å². The van der Waals surface area contributed by atoms with Gasteiger partial charge >= 0.3 is 0 Å². The van der Waals surface area contributed by atoms with E-state index in [0.29, 0.717) is 11.6 Å². The number of amides is 1. The Morgan fingerprint density at radius 2 is 1.94 bits per heavy atom. The van der Waals surface area contributed by atoms with Gasteiger partial charge in [0.25, 0.3) is 5.91 Å². The molecule has 0 spiro atoms. The number of nitrogens with one attached hydrogen (secondary N) is 1. The third-order valence-electron chi connectivity index (χ3n) is 2.13. The van der Waals surface area contributed by atoms with E-state index in [4.69, 9.17) is 5.73 Å². The third-order valence-corrected chi connectivity index (χ3v) is 2.13. The highest BCUT2D eigenvalue weighted by Crippen LogP contribution is 2.07. The molecule has 3 N–H and O–H groups in total. The van der Waals surface area contributed by atoms with E-state index in [2.05, 4.69) is 15.3 Å². The molecule has 0 aliphatic rings. The zero-order valence-corrected chi connectivity index (χ0v) is 9.34. The Hall–Kier alpha value is -2.43. The SMILES string of the molecule is Cc1cccc(NC(=O)c2cccc(N)n2)n1. The number of nitrogen functional groups attached to an aromatic ring is 1. The smallest absolute Gasteiger partial charge is 0.275 e. The number of nitrogens with zero attached hydrogens (tertiary/aromatic N) is 2. The molecule has 0 saturated carbocycles. The van der Waals surface area contributed by atoms with Crippen LogP contribution in [0.3, 0.4) is 0 Å². The summed E-state index contributed by atoms with van der Waals surface area (Å²) < 4.78 is 0. The summed E-state index contributed by atoms with van der Waals surface area (Å²) in [7, 11) is 0. The van der Waals surface area contributed by atoms with E-state index < -0.39 is 0 Å². The van der Waals surface area contributed by atoms with Gasteiger partial charge < -0.3 is 11.1 Å². The van der Waals surface area contributed by atoms with E-state index in [0.717, 1.165) is 5.69 Å². The molecule has 0 aliphatic carbocycles. The van der Waals surface area contributed by atoms with Gasteiger partial charge in [-0.3, -0.25) is 4.79 Å². The topological polar surface area (TPSA) is 80.9 Å². The summed E-state index contributed by atoms with van der Waals surface area (Å²) in [6.45, 7) is 1.86. The molecular formula is C12H12N4O. The van der Waals surface area contributed by atoms with Crippen molar-refractivity contribution >= 4 is 17.5 Å². The molecule has 0 saturated heterocycles. The number of rotatable bonds is 2. The van der Waals surface area contributed by atoms with Gasteiger partial charge in [0.2, 0.25) is 0 Å². The Balaban J connectivity index is 2.17. The summed E-state index contributed by atoms with van der Waals surface area (Å²) in [5, 5.41) is 2.66. The Bertz CT molecular complexity index is 554. The fourth-order valence-corrected chi connectivity index (χ4v) is 1.37. The molecular weight excluding hydrogens is 216 g/mol. The lowest BCUT2D eigenvalue weighted by Gasteiger charge is -2.04. The van der Waals surface area contributed by atoms with Gasteiger partial charge in [-0.2, -0.15) is 0 Å². The van der Waals surface area contributed by atoms with Crippen molar-refractivity contribution in [3.63, 3.8) is 0 Å². The molecule has 5 nitrogen and oxygen atoms in total. The van der Waals surface area contributed by atoms with Crippen LogP contribution in [0.25, 0.3) is 0 Å². The minimum absolute atomic E-state index is 0.272. The van der Waals surface area contributed by atoms with Crippen LogP contribution in [0.2, 0.25) is 0 Å². The maximum atomic E-state index is 11.8. The van der Waals surface area contributed by atoms with E-state index in [1.807, 2.05) is 19.1 Å². The van der Waals surface area contributed by atoms with E-state index in [1.165, 1.54) is 0 Å². The highest BCUT2D eigenvalue weighted by molar-refractivity contribution is 6.02. The van der Waals surface area contributed by atoms with Gasteiger partial charge in [0.1, 0.15) is 17.3 Å². The van der Waals surface area contributed by atoms with E-state index >= 15 is 0 Å². The predicted octanol–water partition coefficient (Wildman–Crippen LogP) is 1.62. The quantitative estimate of drug-likeness (QED) is 0.818. The van der Waals surface area contributed by atoms with Gasteiger partial charge in [0.05, 0.1) is 0 Å². The molecule has 0 bridgehead atoms. The first-order valence-corrected chi connectivity index (χ1v) is 5.13. The van der Waals surface area contributed by atoms with Crippen LogP contribution in [0.15, 0.2) is 36.4 Å². The third kappa shape index (κ3) is 2.78. The average Bonchev–Trinajstić information content (AvgIpc) is 2.29. The summed E-state index contributed by atoms with van der Waals surface area (Å²) >= 11 is 0. The molecule has 5 heteroatoms. The van der Waals surface area contributed by atoms with Crippen molar-refractivity contribution in [2.45, 2.75) is 6.92 Å². The first-order valence-electron chi connectivity index (χ1n) is 5.13. The number of carbonyl (C=O) groups excluding carboxylic acids is 1. The number of anilines is 2. The monoisotopic (exact) mass is 228 g/mol. The number of nitrogens with two attached hydrogens (primary N) is 1. The molecule has 2 rings (SSSR count). The molecule has 86 valence electrons. The molecule has 2 aromatic rings. The molecule has 2 heterocycles. The number of aromatic nitrogens is 2. The maximum absolute atomic E-state index is 11.8. The number of hydrogen-bond acceptors (Lipinski definition) is 4. The summed E-state index contributed by atoms with van der Waals surface area (Å²) in [5.41, 5.74) is 6.62. The van der Waals surface area contributed by atoms with Crippen LogP contribution in [0, 0.1) is 6.92 Å². The average molecular weight is 228 g/mol. The van der Waals surface area contributed by atoms with E-state index in [1.54, 1.807) is 24.3 Å². The molecule has 0 unspecified atom stereocenters. The Labute approximate surface area is 98.7 Å². The van der Waals surface area contributed by atoms with Crippen LogP contribution in [0.5, 0.6) is 0 Å². The van der Waals surface area contributed by atoms with Gasteiger partial charge in [0.15, 0.2) is 0 Å². The van der Waals surface area contributed by atoms with Crippen molar-refractivity contribution in [1.82, 2.24) is 9.97 Å². The minimum Gasteiger partial charge on any atom is -0.384 e. The Morgan fingerprint density at radius 3 is 2.65 bits per heavy atom. The lowest BCUT2D eigenvalue weighted by Crippen LogP contribution is -2.15. The first kappa shape index (κ1) is 11.1. The van der Waals surface area contributed by atoms with E-state index in [-0.39, 0.29) is 11.6 Å². The summed E-state index contributed by atoms with van der Waals surface area (Å²) in [5.74, 6) is 0.490. The van der Waals surface area contributed by atoms with Crippen LogP contribution in [-0.4, -0.2) is 15.9 Å². The Kier molecular flexibility index (Phi) is 3.00. The van der Waals surface area contributed by atoms with Crippen LogP contribution in [0.1, 0.15) is 16.2 Å². The van der Waals surface area contributed by atoms with Gasteiger partial charge in [-0.25, -0.2) is 9.97 Å².